The smallest absolute Gasteiger partial charge is 0.267 e. The number of nitrogens with zero attached hydrogens (tertiary/aromatic N) is 1. The molecule has 2 aromatic carbocycles. The van der Waals surface area contributed by atoms with Crippen molar-refractivity contribution in [3.05, 3.63) is 52.7 Å². The summed E-state index contributed by atoms with van der Waals surface area (Å²) in [6, 6.07) is 11.1. The minimum absolute atomic E-state index is 0.0455. The van der Waals surface area contributed by atoms with Gasteiger partial charge in [-0.1, -0.05) is 0 Å². The summed E-state index contributed by atoms with van der Waals surface area (Å²) in [7, 11) is 3.35. The van der Waals surface area contributed by atoms with Gasteiger partial charge >= 0.3 is 0 Å². The number of carbonyl (C=O) groups excluding carboxylic acids is 1. The van der Waals surface area contributed by atoms with Crippen molar-refractivity contribution in [1.29, 1.82) is 0 Å². The van der Waals surface area contributed by atoms with E-state index in [1.54, 1.807) is 41.8 Å². The molecule has 0 saturated carbocycles. The van der Waals surface area contributed by atoms with Crippen LogP contribution in [0.5, 0.6) is 23.0 Å². The lowest BCUT2D eigenvalue weighted by Crippen LogP contribution is -2.28. The van der Waals surface area contributed by atoms with Crippen LogP contribution in [0.25, 0.3) is 0 Å². The molecule has 0 aliphatic carbocycles. The molecule has 9 nitrogen and oxygen atoms in total. The van der Waals surface area contributed by atoms with Crippen molar-refractivity contribution >= 4 is 38.6 Å². The fourth-order valence-corrected chi connectivity index (χ4v) is 5.58. The van der Waals surface area contributed by atoms with Crippen LogP contribution in [0.2, 0.25) is 0 Å². The first-order chi connectivity index (χ1) is 15.8. The number of thiophene rings is 1. The third-order valence-electron chi connectivity index (χ3n) is 4.83. The average Bonchev–Trinajstić information content (AvgIpc) is 3.34. The van der Waals surface area contributed by atoms with Crippen LogP contribution in [0.4, 0.5) is 11.4 Å². The van der Waals surface area contributed by atoms with Crippen molar-refractivity contribution < 1.29 is 32.2 Å². The zero-order chi connectivity index (χ0) is 24.2. The SMILES string of the molecule is COc1ccc(N(C)S(=O)(=O)c2ccsc2C(=O)Nc2cc(OC)c(OC)c(OC)c2)cc1. The largest absolute Gasteiger partial charge is 0.497 e. The van der Waals surface area contributed by atoms with E-state index < -0.39 is 15.9 Å². The van der Waals surface area contributed by atoms with Gasteiger partial charge < -0.3 is 24.3 Å². The third-order valence-corrected chi connectivity index (χ3v) is 7.70. The van der Waals surface area contributed by atoms with Gasteiger partial charge in [-0.25, -0.2) is 8.42 Å². The van der Waals surface area contributed by atoms with Gasteiger partial charge in [0, 0.05) is 24.9 Å². The summed E-state index contributed by atoms with van der Waals surface area (Å²) in [5.41, 5.74) is 0.785. The summed E-state index contributed by atoms with van der Waals surface area (Å²) in [5, 5.41) is 4.26. The molecule has 176 valence electrons. The van der Waals surface area contributed by atoms with Crippen molar-refractivity contribution in [3.63, 3.8) is 0 Å². The lowest BCUT2D eigenvalue weighted by Gasteiger charge is -2.20. The predicted octanol–water partition coefficient (Wildman–Crippen LogP) is 3.86. The number of rotatable bonds is 9. The number of anilines is 2. The molecular weight excluding hydrogens is 468 g/mol. The summed E-state index contributed by atoms with van der Waals surface area (Å²) in [4.78, 5) is 13.0. The minimum atomic E-state index is -4.00. The second-order valence-electron chi connectivity index (χ2n) is 6.65. The summed E-state index contributed by atoms with van der Waals surface area (Å²) in [5.74, 6) is 1.10. The number of benzene rings is 2. The quantitative estimate of drug-likeness (QED) is 0.484. The van der Waals surface area contributed by atoms with E-state index in [0.29, 0.717) is 34.4 Å². The van der Waals surface area contributed by atoms with Crippen molar-refractivity contribution in [1.82, 2.24) is 0 Å². The van der Waals surface area contributed by atoms with E-state index in [-0.39, 0.29) is 9.77 Å². The Labute approximate surface area is 196 Å². The van der Waals surface area contributed by atoms with E-state index in [1.807, 2.05) is 0 Å². The molecule has 3 rings (SSSR count). The fraction of sp³-hybridized carbons (Fsp3) is 0.227. The zero-order valence-corrected chi connectivity index (χ0v) is 20.4. The molecule has 1 heterocycles. The Morgan fingerprint density at radius 3 is 2.03 bits per heavy atom. The topological polar surface area (TPSA) is 103 Å². The van der Waals surface area contributed by atoms with Crippen molar-refractivity contribution in [2.75, 3.05) is 45.1 Å². The Hall–Kier alpha value is -3.44. The first kappa shape index (κ1) is 24.2. The lowest BCUT2D eigenvalue weighted by atomic mass is 10.2. The van der Waals surface area contributed by atoms with E-state index in [1.165, 1.54) is 41.6 Å². The van der Waals surface area contributed by atoms with Gasteiger partial charge in [0.15, 0.2) is 11.5 Å². The number of ether oxygens (including phenoxy) is 4. The van der Waals surface area contributed by atoms with Crippen LogP contribution in [0.3, 0.4) is 0 Å². The number of nitrogens with one attached hydrogen (secondary N) is 1. The van der Waals surface area contributed by atoms with Gasteiger partial charge in [-0.3, -0.25) is 9.10 Å². The molecule has 33 heavy (non-hydrogen) atoms. The molecule has 0 fully saturated rings. The summed E-state index contributed by atoms with van der Waals surface area (Å²) < 4.78 is 48.7. The highest BCUT2D eigenvalue weighted by Gasteiger charge is 2.29. The van der Waals surface area contributed by atoms with Crippen molar-refractivity contribution in [2.45, 2.75) is 4.90 Å². The number of sulfonamides is 1. The van der Waals surface area contributed by atoms with Crippen LogP contribution in [-0.2, 0) is 10.0 Å². The maximum atomic E-state index is 13.3. The van der Waals surface area contributed by atoms with Gasteiger partial charge in [0.25, 0.3) is 15.9 Å². The monoisotopic (exact) mass is 492 g/mol. The summed E-state index contributed by atoms with van der Waals surface area (Å²) in [6.45, 7) is 0. The standard InChI is InChI=1S/C22H24N2O7S2/c1-24(15-6-8-16(28-2)9-7-15)33(26,27)19-10-11-32-21(19)22(25)23-14-12-17(29-3)20(31-5)18(13-14)30-4/h6-13H,1-5H3,(H,23,25). The van der Waals surface area contributed by atoms with Crippen LogP contribution in [-0.4, -0.2) is 49.8 Å². The Morgan fingerprint density at radius 2 is 1.52 bits per heavy atom. The Morgan fingerprint density at radius 1 is 0.909 bits per heavy atom. The van der Waals surface area contributed by atoms with E-state index in [9.17, 15) is 13.2 Å². The second-order valence-corrected chi connectivity index (χ2v) is 9.51. The van der Waals surface area contributed by atoms with Gasteiger partial charge in [-0.15, -0.1) is 11.3 Å². The Balaban J connectivity index is 1.91. The normalized spacial score (nSPS) is 10.9. The van der Waals surface area contributed by atoms with Gasteiger partial charge in [-0.2, -0.15) is 0 Å². The van der Waals surface area contributed by atoms with Gasteiger partial charge in [0.1, 0.15) is 15.5 Å². The molecule has 1 N–H and O–H groups in total. The van der Waals surface area contributed by atoms with Crippen LogP contribution in [0, 0.1) is 0 Å². The minimum Gasteiger partial charge on any atom is -0.497 e. The molecule has 1 aromatic heterocycles. The molecule has 0 bridgehead atoms. The maximum Gasteiger partial charge on any atom is 0.267 e. The molecular formula is C22H24N2O7S2. The number of hydrogen-bond donors (Lipinski definition) is 1. The molecule has 0 spiro atoms. The Kier molecular flexibility index (Phi) is 7.34. The molecule has 3 aromatic rings. The molecule has 0 aliphatic rings. The summed E-state index contributed by atoms with van der Waals surface area (Å²) >= 11 is 1.02. The molecule has 0 aliphatic heterocycles. The van der Waals surface area contributed by atoms with E-state index >= 15 is 0 Å². The highest BCUT2D eigenvalue weighted by atomic mass is 32.2. The van der Waals surface area contributed by atoms with Crippen LogP contribution < -0.4 is 28.6 Å². The molecule has 1 amide bonds. The number of carbonyl (C=O) groups is 1. The highest BCUT2D eigenvalue weighted by molar-refractivity contribution is 7.93. The Bertz CT molecular complexity index is 1210. The fourth-order valence-electron chi connectivity index (χ4n) is 3.09. The molecule has 11 heteroatoms. The lowest BCUT2D eigenvalue weighted by molar-refractivity contribution is 0.102. The average molecular weight is 493 g/mol. The summed E-state index contributed by atoms with van der Waals surface area (Å²) in [6.07, 6.45) is 0. The van der Waals surface area contributed by atoms with Crippen LogP contribution in [0.15, 0.2) is 52.7 Å². The third kappa shape index (κ3) is 4.83. The van der Waals surface area contributed by atoms with Crippen LogP contribution in [0.1, 0.15) is 9.67 Å². The molecule has 0 saturated heterocycles. The molecule has 0 unspecified atom stereocenters. The van der Waals surface area contributed by atoms with E-state index in [2.05, 4.69) is 5.32 Å². The van der Waals surface area contributed by atoms with Crippen molar-refractivity contribution in [2.24, 2.45) is 0 Å². The number of methoxy groups -OCH3 is 4. The van der Waals surface area contributed by atoms with Gasteiger partial charge in [0.05, 0.1) is 34.1 Å². The maximum absolute atomic E-state index is 13.3. The van der Waals surface area contributed by atoms with Crippen molar-refractivity contribution in [3.8, 4) is 23.0 Å². The van der Waals surface area contributed by atoms with Gasteiger partial charge in [0.2, 0.25) is 5.75 Å². The first-order valence-corrected chi connectivity index (χ1v) is 11.9. The second kappa shape index (κ2) is 10.0. The number of hydrogen-bond acceptors (Lipinski definition) is 8. The van der Waals surface area contributed by atoms with E-state index in [0.717, 1.165) is 15.6 Å². The molecule has 0 atom stereocenters. The molecule has 0 radical (unpaired) electrons. The number of amides is 1. The van der Waals surface area contributed by atoms with Crippen LogP contribution >= 0.6 is 11.3 Å². The highest BCUT2D eigenvalue weighted by Crippen LogP contribution is 2.40. The first-order valence-electron chi connectivity index (χ1n) is 9.58. The van der Waals surface area contributed by atoms with E-state index in [4.69, 9.17) is 18.9 Å². The zero-order valence-electron chi connectivity index (χ0n) is 18.7. The predicted molar refractivity (Wildman–Crippen MR) is 127 cm³/mol. The van der Waals surface area contributed by atoms with Gasteiger partial charge in [-0.05, 0) is 35.7 Å².